The molecule has 1 aromatic heterocycles. The van der Waals surface area contributed by atoms with Crippen molar-refractivity contribution in [1.82, 2.24) is 4.98 Å². The topological polar surface area (TPSA) is 59.5 Å². The fourth-order valence-corrected chi connectivity index (χ4v) is 3.61. The molecule has 0 aliphatic carbocycles. The summed E-state index contributed by atoms with van der Waals surface area (Å²) in [5.74, 6) is -0.639. The third-order valence-electron chi connectivity index (χ3n) is 5.22. The number of anilines is 1. The van der Waals surface area contributed by atoms with Crippen LogP contribution in [0.2, 0.25) is 0 Å². The minimum absolute atomic E-state index is 0.0148. The molecule has 30 heavy (non-hydrogen) atoms. The number of aryl methyl sites for hydroxylation is 1. The number of benzene rings is 2. The predicted molar refractivity (Wildman–Crippen MR) is 112 cm³/mol. The molecule has 1 saturated heterocycles. The van der Waals surface area contributed by atoms with Gasteiger partial charge in [0.25, 0.3) is 5.88 Å². The van der Waals surface area contributed by atoms with Crippen molar-refractivity contribution in [2.24, 2.45) is 0 Å². The molecule has 3 aromatic rings. The highest BCUT2D eigenvalue weighted by atomic mass is 19.1. The van der Waals surface area contributed by atoms with E-state index in [4.69, 9.17) is 4.74 Å². The maximum Gasteiger partial charge on any atom is 0.250 e. The maximum absolute atomic E-state index is 13.8. The lowest BCUT2D eigenvalue weighted by atomic mass is 9.99. The van der Waals surface area contributed by atoms with Crippen LogP contribution in [0.3, 0.4) is 0 Å². The second kappa shape index (κ2) is 8.45. The molecule has 0 N–H and O–H groups in total. The molecule has 1 fully saturated rings. The molecule has 2 aromatic carbocycles. The minimum atomic E-state index is -0.497. The van der Waals surface area contributed by atoms with Crippen molar-refractivity contribution < 1.29 is 18.7 Å². The third-order valence-corrected chi connectivity index (χ3v) is 5.22. The lowest BCUT2D eigenvalue weighted by Crippen LogP contribution is -2.26. The first-order chi connectivity index (χ1) is 14.5. The van der Waals surface area contributed by atoms with Crippen molar-refractivity contribution in [2.45, 2.75) is 19.4 Å². The number of aromatic nitrogens is 1. The van der Waals surface area contributed by atoms with E-state index in [1.807, 2.05) is 24.0 Å². The highest BCUT2D eigenvalue weighted by Gasteiger charge is 2.27. The molecular weight excluding hydrogens is 383 g/mol. The Labute approximate surface area is 174 Å². The number of ketones is 1. The number of nitrogens with zero attached hydrogens (tertiary/aromatic N) is 2. The summed E-state index contributed by atoms with van der Waals surface area (Å²) in [5, 5.41) is 0. The summed E-state index contributed by atoms with van der Waals surface area (Å²) in [6.07, 6.45) is 2.69. The molecular formula is C24H21FN2O3. The number of ether oxygens (including phenoxy) is 1. The third kappa shape index (κ3) is 4.08. The average molecular weight is 404 g/mol. The van der Waals surface area contributed by atoms with Gasteiger partial charge in [-0.15, -0.1) is 0 Å². The number of pyridine rings is 1. The Hall–Kier alpha value is -3.54. The van der Waals surface area contributed by atoms with Crippen molar-refractivity contribution in [1.29, 1.82) is 0 Å². The zero-order valence-corrected chi connectivity index (χ0v) is 16.5. The molecule has 0 radical (unpaired) electrons. The lowest BCUT2D eigenvalue weighted by Gasteiger charge is -2.21. The van der Waals surface area contributed by atoms with Gasteiger partial charge in [-0.3, -0.25) is 9.59 Å². The number of carbonyl (C=O) groups is 2. The summed E-state index contributed by atoms with van der Waals surface area (Å²) in [5.41, 5.74) is 3.30. The Morgan fingerprint density at radius 1 is 1.17 bits per heavy atom. The van der Waals surface area contributed by atoms with Crippen LogP contribution >= 0.6 is 0 Å². The van der Waals surface area contributed by atoms with Crippen molar-refractivity contribution in [3.8, 4) is 5.88 Å². The number of rotatable bonds is 6. The first-order valence-corrected chi connectivity index (χ1v) is 9.78. The molecule has 2 heterocycles. The van der Waals surface area contributed by atoms with Gasteiger partial charge < -0.3 is 9.64 Å². The quantitative estimate of drug-likeness (QED) is 0.455. The van der Waals surface area contributed by atoms with Crippen LogP contribution < -0.4 is 9.64 Å². The summed E-state index contributed by atoms with van der Waals surface area (Å²) in [6.45, 7) is 3.12. The van der Waals surface area contributed by atoms with E-state index in [2.05, 4.69) is 4.98 Å². The summed E-state index contributed by atoms with van der Waals surface area (Å²) in [4.78, 5) is 30.4. The Morgan fingerprint density at radius 2 is 1.93 bits per heavy atom. The Balaban J connectivity index is 1.51. The van der Waals surface area contributed by atoms with Crippen LogP contribution in [-0.4, -0.2) is 36.2 Å². The molecule has 5 nitrogen and oxygen atoms in total. The van der Waals surface area contributed by atoms with E-state index >= 15 is 0 Å². The molecule has 0 amide bonds. The molecule has 1 unspecified atom stereocenters. The molecule has 0 bridgehead atoms. The van der Waals surface area contributed by atoms with Gasteiger partial charge >= 0.3 is 0 Å². The molecule has 1 aliphatic rings. The average Bonchev–Trinajstić information content (AvgIpc) is 3.23. The fraction of sp³-hybridized carbons (Fsp3) is 0.208. The highest BCUT2D eigenvalue weighted by Crippen LogP contribution is 2.27. The Bertz CT molecular complexity index is 1080. The predicted octanol–water partition coefficient (Wildman–Crippen LogP) is 4.23. The number of hydrogen-bond acceptors (Lipinski definition) is 5. The summed E-state index contributed by atoms with van der Waals surface area (Å²) in [6, 6.07) is 15.3. The van der Waals surface area contributed by atoms with Crippen molar-refractivity contribution in [3.05, 3.63) is 88.9 Å². The molecule has 152 valence electrons. The van der Waals surface area contributed by atoms with Gasteiger partial charge in [-0.2, -0.15) is 0 Å². The van der Waals surface area contributed by atoms with E-state index in [9.17, 15) is 14.0 Å². The number of carbonyl (C=O) groups excluding carboxylic acids is 2. The van der Waals surface area contributed by atoms with Crippen LogP contribution in [0.25, 0.3) is 0 Å². The summed E-state index contributed by atoms with van der Waals surface area (Å²) >= 11 is 0. The van der Waals surface area contributed by atoms with Gasteiger partial charge in [0, 0.05) is 41.5 Å². The van der Waals surface area contributed by atoms with Gasteiger partial charge in [0.15, 0.2) is 17.9 Å². The second-order valence-electron chi connectivity index (χ2n) is 7.35. The SMILES string of the molecule is Cc1ccc(C(=O)c2ccc(N3CCC(Oc4ncccc4F)C3)c(C=O)c2)cc1. The molecule has 4 rings (SSSR count). The van der Waals surface area contributed by atoms with Crippen LogP contribution in [0.4, 0.5) is 10.1 Å². The van der Waals surface area contributed by atoms with Crippen molar-refractivity contribution >= 4 is 17.8 Å². The molecule has 1 aliphatic heterocycles. The molecule has 0 saturated carbocycles. The van der Waals surface area contributed by atoms with E-state index in [-0.39, 0.29) is 17.8 Å². The second-order valence-corrected chi connectivity index (χ2v) is 7.35. The zero-order chi connectivity index (χ0) is 21.1. The van der Waals surface area contributed by atoms with Crippen LogP contribution in [0.5, 0.6) is 5.88 Å². The largest absolute Gasteiger partial charge is 0.470 e. The van der Waals surface area contributed by atoms with E-state index in [0.29, 0.717) is 36.2 Å². The number of hydrogen-bond donors (Lipinski definition) is 0. The van der Waals surface area contributed by atoms with Gasteiger partial charge in [0.2, 0.25) is 0 Å². The standard InChI is InChI=1S/C24H21FN2O3/c1-16-4-6-17(7-5-16)23(29)18-8-9-22(19(13-18)15-28)27-12-10-20(14-27)30-24-21(25)3-2-11-26-24/h2-9,11,13,15,20H,10,12,14H2,1H3. The van der Waals surface area contributed by atoms with E-state index in [0.717, 1.165) is 17.5 Å². The Kier molecular flexibility index (Phi) is 5.57. The van der Waals surface area contributed by atoms with Crippen molar-refractivity contribution in [2.75, 3.05) is 18.0 Å². The van der Waals surface area contributed by atoms with Crippen molar-refractivity contribution in [3.63, 3.8) is 0 Å². The monoisotopic (exact) mass is 404 g/mol. The number of aldehydes is 1. The van der Waals surface area contributed by atoms with E-state index < -0.39 is 5.82 Å². The smallest absolute Gasteiger partial charge is 0.250 e. The van der Waals surface area contributed by atoms with Crippen LogP contribution in [0, 0.1) is 12.7 Å². The maximum atomic E-state index is 13.8. The Morgan fingerprint density at radius 3 is 2.67 bits per heavy atom. The van der Waals surface area contributed by atoms with Gasteiger partial charge in [0.1, 0.15) is 6.10 Å². The van der Waals surface area contributed by atoms with E-state index in [1.165, 1.54) is 18.3 Å². The van der Waals surface area contributed by atoms with Crippen LogP contribution in [0.1, 0.15) is 38.3 Å². The first kappa shape index (κ1) is 19.8. The van der Waals surface area contributed by atoms with Gasteiger partial charge in [-0.25, -0.2) is 9.37 Å². The van der Waals surface area contributed by atoms with Crippen LogP contribution in [-0.2, 0) is 0 Å². The molecule has 1 atom stereocenters. The number of halogens is 1. The summed E-state index contributed by atoms with van der Waals surface area (Å²) in [7, 11) is 0. The van der Waals surface area contributed by atoms with Gasteiger partial charge in [-0.05, 0) is 37.3 Å². The van der Waals surface area contributed by atoms with Crippen LogP contribution in [0.15, 0.2) is 60.8 Å². The first-order valence-electron chi connectivity index (χ1n) is 9.78. The van der Waals surface area contributed by atoms with E-state index in [1.54, 1.807) is 30.3 Å². The zero-order valence-electron chi connectivity index (χ0n) is 16.5. The highest BCUT2D eigenvalue weighted by molar-refractivity contribution is 6.10. The minimum Gasteiger partial charge on any atom is -0.470 e. The molecule has 0 spiro atoms. The lowest BCUT2D eigenvalue weighted by molar-refractivity contribution is 0.103. The van der Waals surface area contributed by atoms with Gasteiger partial charge in [-0.1, -0.05) is 29.8 Å². The normalized spacial score (nSPS) is 15.8. The summed E-state index contributed by atoms with van der Waals surface area (Å²) < 4.78 is 19.5. The molecule has 6 heteroatoms. The van der Waals surface area contributed by atoms with Gasteiger partial charge in [0.05, 0.1) is 6.54 Å². The fourth-order valence-electron chi connectivity index (χ4n) is 3.61.